The molecule has 0 aliphatic carbocycles. The largest absolute Gasteiger partial charge is 0.340 e. The Balaban J connectivity index is 3.16. The number of carbonyl (C=O) groups excluding carboxylic acids is 1. The predicted molar refractivity (Wildman–Crippen MR) is 58.1 cm³/mol. The molecule has 0 spiro atoms. The Morgan fingerprint density at radius 3 is 2.53 bits per heavy atom. The van der Waals surface area contributed by atoms with Gasteiger partial charge in [-0.25, -0.2) is 9.18 Å². The molecule has 2 amide bonds. The van der Waals surface area contributed by atoms with Crippen LogP contribution in [-0.4, -0.2) is 13.1 Å². The van der Waals surface area contributed by atoms with Crippen molar-refractivity contribution < 1.29 is 9.18 Å². The van der Waals surface area contributed by atoms with Gasteiger partial charge in [-0.2, -0.15) is 0 Å². The summed E-state index contributed by atoms with van der Waals surface area (Å²) in [5.41, 5.74) is 0.656. The second-order valence-electron chi connectivity index (χ2n) is 3.08. The van der Waals surface area contributed by atoms with Crippen LogP contribution in [0.25, 0.3) is 0 Å². The summed E-state index contributed by atoms with van der Waals surface area (Å²) in [6, 6.07) is 5.65. The summed E-state index contributed by atoms with van der Waals surface area (Å²) < 4.78 is 13.4. The van der Waals surface area contributed by atoms with Crippen molar-refractivity contribution in [1.82, 2.24) is 5.32 Å². The molecule has 0 fully saturated rings. The molecule has 15 heavy (non-hydrogen) atoms. The Morgan fingerprint density at radius 1 is 1.47 bits per heavy atom. The lowest BCUT2D eigenvalue weighted by Crippen LogP contribution is -2.36. The van der Waals surface area contributed by atoms with Gasteiger partial charge in [0.2, 0.25) is 0 Å². The zero-order chi connectivity index (χ0) is 11.4. The first-order valence-electron chi connectivity index (χ1n) is 4.49. The summed E-state index contributed by atoms with van der Waals surface area (Å²) in [4.78, 5) is 12.7. The van der Waals surface area contributed by atoms with Crippen LogP contribution in [-0.2, 0) is 0 Å². The van der Waals surface area contributed by atoms with Crippen molar-refractivity contribution >= 4 is 11.7 Å². The molecule has 0 saturated heterocycles. The number of carbonyl (C=O) groups is 1. The minimum Gasteiger partial charge on any atom is -0.340 e. The number of para-hydroxylation sites is 1. The third-order valence-corrected chi connectivity index (χ3v) is 1.89. The van der Waals surface area contributed by atoms with Crippen LogP contribution < -0.4 is 10.2 Å². The van der Waals surface area contributed by atoms with E-state index in [0.717, 1.165) is 0 Å². The second-order valence-corrected chi connectivity index (χ2v) is 3.08. The van der Waals surface area contributed by atoms with Gasteiger partial charge in [-0.15, -0.1) is 0 Å². The highest BCUT2D eigenvalue weighted by atomic mass is 19.1. The first-order valence-corrected chi connectivity index (χ1v) is 4.49. The third-order valence-electron chi connectivity index (χ3n) is 1.89. The molecule has 0 heterocycles. The molecule has 0 saturated carbocycles. The average molecular weight is 208 g/mol. The maximum atomic E-state index is 13.4. The van der Waals surface area contributed by atoms with Gasteiger partial charge in [0, 0.05) is 12.7 Å². The van der Waals surface area contributed by atoms with Crippen molar-refractivity contribution in [2.45, 2.75) is 6.92 Å². The van der Waals surface area contributed by atoms with Crippen LogP contribution in [0.3, 0.4) is 0 Å². The number of rotatable bonds is 2. The van der Waals surface area contributed by atoms with Crippen LogP contribution in [0.15, 0.2) is 36.5 Å². The zero-order valence-electron chi connectivity index (χ0n) is 8.75. The van der Waals surface area contributed by atoms with E-state index in [1.54, 1.807) is 19.1 Å². The van der Waals surface area contributed by atoms with Crippen LogP contribution in [0.2, 0.25) is 0 Å². The summed E-state index contributed by atoms with van der Waals surface area (Å²) in [5, 5.41) is 2.43. The Morgan fingerprint density at radius 2 is 2.07 bits per heavy atom. The first kappa shape index (κ1) is 11.2. The number of benzene rings is 1. The third kappa shape index (κ3) is 2.34. The van der Waals surface area contributed by atoms with E-state index in [2.05, 4.69) is 11.9 Å². The molecule has 1 aromatic carbocycles. The topological polar surface area (TPSA) is 32.3 Å². The second kappa shape index (κ2) is 4.59. The molecule has 0 atom stereocenters. The molecule has 0 aromatic heterocycles. The van der Waals surface area contributed by atoms with E-state index in [9.17, 15) is 9.18 Å². The molecule has 0 radical (unpaired) electrons. The molecule has 0 aliphatic heterocycles. The minimum absolute atomic E-state index is 0.198. The summed E-state index contributed by atoms with van der Waals surface area (Å²) in [6.45, 7) is 5.28. The maximum absolute atomic E-state index is 13.4. The van der Waals surface area contributed by atoms with Gasteiger partial charge >= 0.3 is 6.03 Å². The van der Waals surface area contributed by atoms with Crippen molar-refractivity contribution in [2.24, 2.45) is 0 Å². The number of nitrogens with zero attached hydrogens (tertiary/aromatic N) is 1. The lowest BCUT2D eigenvalue weighted by Gasteiger charge is -2.22. The normalized spacial score (nSPS) is 9.53. The molecule has 4 heteroatoms. The highest BCUT2D eigenvalue weighted by molar-refractivity contribution is 5.94. The molecule has 0 bridgehead atoms. The van der Waals surface area contributed by atoms with Crippen molar-refractivity contribution in [2.75, 3.05) is 11.9 Å². The standard InChI is InChI=1S/C11H13FN2O/c1-8(2)14(11(15)13-3)10-7-5-4-6-9(10)12/h4-7H,1H2,2-3H3,(H,13,15). The van der Waals surface area contributed by atoms with Gasteiger partial charge in [0.25, 0.3) is 0 Å². The van der Waals surface area contributed by atoms with E-state index in [1.165, 1.54) is 24.1 Å². The Kier molecular flexibility index (Phi) is 3.44. The summed E-state index contributed by atoms with van der Waals surface area (Å²) >= 11 is 0. The zero-order valence-corrected chi connectivity index (χ0v) is 8.75. The molecule has 1 N–H and O–H groups in total. The lowest BCUT2D eigenvalue weighted by atomic mass is 10.2. The molecule has 0 unspecified atom stereocenters. The van der Waals surface area contributed by atoms with Gasteiger partial charge in [0.1, 0.15) is 5.82 Å². The Labute approximate surface area is 88.2 Å². The van der Waals surface area contributed by atoms with Gasteiger partial charge in [-0.3, -0.25) is 4.90 Å². The van der Waals surface area contributed by atoms with E-state index in [0.29, 0.717) is 5.70 Å². The van der Waals surface area contributed by atoms with E-state index in [1.807, 2.05) is 0 Å². The SMILES string of the molecule is C=C(C)N(C(=O)NC)c1ccccc1F. The van der Waals surface area contributed by atoms with E-state index in [4.69, 9.17) is 0 Å². The number of amides is 2. The predicted octanol–water partition coefficient (Wildman–Crippen LogP) is 2.51. The fourth-order valence-electron chi connectivity index (χ4n) is 1.23. The fourth-order valence-corrected chi connectivity index (χ4v) is 1.23. The van der Waals surface area contributed by atoms with Crippen LogP contribution in [0.5, 0.6) is 0 Å². The molecule has 0 aliphatic rings. The molecule has 1 aromatic rings. The minimum atomic E-state index is -0.455. The van der Waals surface area contributed by atoms with Crippen molar-refractivity contribution in [1.29, 1.82) is 0 Å². The van der Waals surface area contributed by atoms with E-state index >= 15 is 0 Å². The van der Waals surface area contributed by atoms with Crippen molar-refractivity contribution in [3.63, 3.8) is 0 Å². The number of anilines is 1. The Bertz CT molecular complexity index is 390. The van der Waals surface area contributed by atoms with E-state index < -0.39 is 11.8 Å². The van der Waals surface area contributed by atoms with Gasteiger partial charge in [0.15, 0.2) is 0 Å². The highest BCUT2D eigenvalue weighted by Gasteiger charge is 2.17. The summed E-state index contributed by atoms with van der Waals surface area (Å²) in [7, 11) is 1.49. The average Bonchev–Trinajstić information content (AvgIpc) is 2.20. The quantitative estimate of drug-likeness (QED) is 0.795. The van der Waals surface area contributed by atoms with Crippen LogP contribution >= 0.6 is 0 Å². The Hall–Kier alpha value is -1.84. The molecular weight excluding hydrogens is 195 g/mol. The maximum Gasteiger partial charge on any atom is 0.326 e. The van der Waals surface area contributed by atoms with Crippen LogP contribution in [0.4, 0.5) is 14.9 Å². The molecular formula is C11H13FN2O. The van der Waals surface area contributed by atoms with Gasteiger partial charge < -0.3 is 5.32 Å². The molecule has 1 rings (SSSR count). The number of allylic oxidation sites excluding steroid dienone is 1. The van der Waals surface area contributed by atoms with Crippen LogP contribution in [0.1, 0.15) is 6.92 Å². The lowest BCUT2D eigenvalue weighted by molar-refractivity contribution is 0.249. The smallest absolute Gasteiger partial charge is 0.326 e. The monoisotopic (exact) mass is 208 g/mol. The molecule has 3 nitrogen and oxygen atoms in total. The number of hydrogen-bond donors (Lipinski definition) is 1. The number of halogens is 1. The van der Waals surface area contributed by atoms with Gasteiger partial charge in [0.05, 0.1) is 5.69 Å². The van der Waals surface area contributed by atoms with Crippen molar-refractivity contribution in [3.8, 4) is 0 Å². The molecule has 80 valence electrons. The summed E-state index contributed by atoms with van der Waals surface area (Å²) in [5.74, 6) is -0.455. The number of urea groups is 1. The highest BCUT2D eigenvalue weighted by Crippen LogP contribution is 2.21. The van der Waals surface area contributed by atoms with E-state index in [-0.39, 0.29) is 5.69 Å². The van der Waals surface area contributed by atoms with Gasteiger partial charge in [-0.1, -0.05) is 18.7 Å². The van der Waals surface area contributed by atoms with Crippen molar-refractivity contribution in [3.05, 3.63) is 42.4 Å². The number of nitrogens with one attached hydrogen (secondary N) is 1. The fraction of sp³-hybridized carbons (Fsp3) is 0.182. The summed E-state index contributed by atoms with van der Waals surface area (Å²) in [6.07, 6.45) is 0. The van der Waals surface area contributed by atoms with Crippen LogP contribution in [0, 0.1) is 5.82 Å². The first-order chi connectivity index (χ1) is 7.07. The number of hydrogen-bond acceptors (Lipinski definition) is 1. The van der Waals surface area contributed by atoms with Gasteiger partial charge in [-0.05, 0) is 19.1 Å².